The smallest absolute Gasteiger partial charge is 0.260 e. The fourth-order valence-corrected chi connectivity index (χ4v) is 3.29. The van der Waals surface area contributed by atoms with Crippen LogP contribution in [0.2, 0.25) is 0 Å². The molecule has 5 heteroatoms. The molecule has 5 nitrogen and oxygen atoms in total. The highest BCUT2D eigenvalue weighted by Gasteiger charge is 2.40. The average molecular weight is 332 g/mol. The summed E-state index contributed by atoms with van der Waals surface area (Å²) in [5.41, 5.74) is 6.85. The van der Waals surface area contributed by atoms with E-state index in [2.05, 4.69) is 39.8 Å². The highest BCUT2D eigenvalue weighted by molar-refractivity contribution is 5.89. The summed E-state index contributed by atoms with van der Waals surface area (Å²) in [4.78, 5) is 16.5. The van der Waals surface area contributed by atoms with Crippen molar-refractivity contribution in [2.75, 3.05) is 0 Å². The minimum atomic E-state index is -0.139. The molecule has 3 aromatic rings. The molecule has 1 saturated carbocycles. The number of rotatable bonds is 5. The van der Waals surface area contributed by atoms with E-state index in [1.807, 2.05) is 41.8 Å². The molecule has 1 amide bonds. The van der Waals surface area contributed by atoms with Crippen LogP contribution in [-0.2, 0) is 11.3 Å². The number of carbonyl (C=O) groups is 1. The topological polar surface area (TPSA) is 59.3 Å². The van der Waals surface area contributed by atoms with Crippen LogP contribution in [0.15, 0.2) is 66.0 Å². The third kappa shape index (κ3) is 3.31. The van der Waals surface area contributed by atoms with Gasteiger partial charge in [0.15, 0.2) is 0 Å². The number of hydrazone groups is 1. The van der Waals surface area contributed by atoms with E-state index in [9.17, 15) is 4.79 Å². The summed E-state index contributed by atoms with van der Waals surface area (Å²) < 4.78 is 1.83. The van der Waals surface area contributed by atoms with Gasteiger partial charge in [0.2, 0.25) is 0 Å². The van der Waals surface area contributed by atoms with Gasteiger partial charge in [-0.25, -0.2) is 10.4 Å². The van der Waals surface area contributed by atoms with Gasteiger partial charge in [0.1, 0.15) is 6.54 Å². The number of fused-ring (bicyclic) bond motifs is 1. The maximum Gasteiger partial charge on any atom is 0.260 e. The molecular weight excluding hydrogens is 312 g/mol. The molecule has 0 saturated heterocycles. The molecule has 4 rings (SSSR count). The van der Waals surface area contributed by atoms with Crippen LogP contribution in [0.3, 0.4) is 0 Å². The standard InChI is InChI=1S/C20H20N4O/c1-14(16-11-17(16)15-7-3-2-4-8-15)22-23-20(25)12-24-13-21-18-9-5-6-10-19(18)24/h2-10,13,16-17H,11-12H2,1H3,(H,23,25). The largest absolute Gasteiger partial charge is 0.321 e. The van der Waals surface area contributed by atoms with Gasteiger partial charge in [-0.15, -0.1) is 0 Å². The first-order chi connectivity index (χ1) is 12.2. The van der Waals surface area contributed by atoms with E-state index in [0.29, 0.717) is 11.8 Å². The van der Waals surface area contributed by atoms with E-state index < -0.39 is 0 Å². The minimum Gasteiger partial charge on any atom is -0.321 e. The summed E-state index contributed by atoms with van der Waals surface area (Å²) in [6.07, 6.45) is 2.79. The van der Waals surface area contributed by atoms with Crippen LogP contribution in [-0.4, -0.2) is 21.2 Å². The maximum absolute atomic E-state index is 12.2. The van der Waals surface area contributed by atoms with Crippen molar-refractivity contribution in [1.82, 2.24) is 15.0 Å². The van der Waals surface area contributed by atoms with E-state index in [1.165, 1.54) is 5.56 Å². The van der Waals surface area contributed by atoms with Crippen molar-refractivity contribution in [3.05, 3.63) is 66.5 Å². The number of nitrogens with one attached hydrogen (secondary N) is 1. The fraction of sp³-hybridized carbons (Fsp3) is 0.250. The Balaban J connectivity index is 1.36. The van der Waals surface area contributed by atoms with Gasteiger partial charge >= 0.3 is 0 Å². The molecule has 1 fully saturated rings. The van der Waals surface area contributed by atoms with Crippen LogP contribution >= 0.6 is 0 Å². The summed E-state index contributed by atoms with van der Waals surface area (Å²) in [5, 5.41) is 4.31. The normalized spacial score (nSPS) is 19.8. The Kier molecular flexibility index (Phi) is 4.06. The van der Waals surface area contributed by atoms with Crippen molar-refractivity contribution in [1.29, 1.82) is 0 Å². The highest BCUT2D eigenvalue weighted by atomic mass is 16.2. The maximum atomic E-state index is 12.2. The SMILES string of the molecule is CC(=NNC(=O)Cn1cnc2ccccc21)C1CC1c1ccccc1. The molecule has 0 radical (unpaired) electrons. The zero-order chi connectivity index (χ0) is 17.2. The number of hydrogen-bond donors (Lipinski definition) is 1. The van der Waals surface area contributed by atoms with Gasteiger partial charge in [-0.2, -0.15) is 5.10 Å². The Morgan fingerprint density at radius 3 is 2.80 bits per heavy atom. The monoisotopic (exact) mass is 332 g/mol. The Bertz CT molecular complexity index is 929. The van der Waals surface area contributed by atoms with Gasteiger partial charge in [-0.1, -0.05) is 42.5 Å². The number of amides is 1. The number of nitrogens with zero attached hydrogens (tertiary/aromatic N) is 3. The number of hydrogen-bond acceptors (Lipinski definition) is 3. The number of aromatic nitrogens is 2. The van der Waals surface area contributed by atoms with E-state index >= 15 is 0 Å². The molecule has 0 bridgehead atoms. The van der Waals surface area contributed by atoms with Gasteiger partial charge in [-0.05, 0) is 37.0 Å². The molecule has 1 aromatic heterocycles. The highest BCUT2D eigenvalue weighted by Crippen LogP contribution is 2.48. The van der Waals surface area contributed by atoms with Crippen molar-refractivity contribution in [2.45, 2.75) is 25.8 Å². The Hall–Kier alpha value is -2.95. The van der Waals surface area contributed by atoms with Crippen LogP contribution in [0.4, 0.5) is 0 Å². The molecule has 0 aliphatic heterocycles. The van der Waals surface area contributed by atoms with E-state index in [0.717, 1.165) is 23.2 Å². The first kappa shape index (κ1) is 15.6. The van der Waals surface area contributed by atoms with Crippen molar-refractivity contribution in [2.24, 2.45) is 11.0 Å². The second-order valence-corrected chi connectivity index (χ2v) is 6.51. The summed E-state index contributed by atoms with van der Waals surface area (Å²) in [6.45, 7) is 2.20. The Morgan fingerprint density at radius 1 is 1.20 bits per heavy atom. The second-order valence-electron chi connectivity index (χ2n) is 6.51. The molecule has 0 spiro atoms. The van der Waals surface area contributed by atoms with Gasteiger partial charge in [0.05, 0.1) is 17.4 Å². The lowest BCUT2D eigenvalue weighted by atomic mass is 10.1. The molecule has 1 N–H and O–H groups in total. The lowest BCUT2D eigenvalue weighted by Gasteiger charge is -2.05. The quantitative estimate of drug-likeness (QED) is 0.575. The summed E-state index contributed by atoms with van der Waals surface area (Å²) in [5.74, 6) is 0.815. The zero-order valence-corrected chi connectivity index (χ0v) is 14.1. The molecule has 1 aliphatic carbocycles. The van der Waals surface area contributed by atoms with Crippen LogP contribution in [0.25, 0.3) is 11.0 Å². The van der Waals surface area contributed by atoms with Gasteiger partial charge in [-0.3, -0.25) is 4.79 Å². The van der Waals surface area contributed by atoms with Gasteiger partial charge < -0.3 is 4.57 Å². The first-order valence-corrected chi connectivity index (χ1v) is 8.50. The van der Waals surface area contributed by atoms with Crippen LogP contribution in [0, 0.1) is 5.92 Å². The minimum absolute atomic E-state index is 0.139. The van der Waals surface area contributed by atoms with E-state index in [4.69, 9.17) is 0 Å². The molecule has 126 valence electrons. The molecular formula is C20H20N4O. The summed E-state index contributed by atoms with van der Waals surface area (Å²) in [7, 11) is 0. The summed E-state index contributed by atoms with van der Waals surface area (Å²) in [6, 6.07) is 18.2. The van der Waals surface area contributed by atoms with Crippen LogP contribution in [0.1, 0.15) is 24.8 Å². The predicted molar refractivity (Wildman–Crippen MR) is 98.3 cm³/mol. The summed E-state index contributed by atoms with van der Waals surface area (Å²) >= 11 is 0. The second kappa shape index (κ2) is 6.51. The van der Waals surface area contributed by atoms with Crippen molar-refractivity contribution >= 4 is 22.7 Å². The molecule has 2 aromatic carbocycles. The number of para-hydroxylation sites is 2. The van der Waals surface area contributed by atoms with Crippen molar-refractivity contribution < 1.29 is 4.79 Å². The zero-order valence-electron chi connectivity index (χ0n) is 14.1. The predicted octanol–water partition coefficient (Wildman–Crippen LogP) is 3.33. The lowest BCUT2D eigenvalue weighted by Crippen LogP contribution is -2.24. The lowest BCUT2D eigenvalue weighted by molar-refractivity contribution is -0.121. The fourth-order valence-electron chi connectivity index (χ4n) is 3.29. The molecule has 1 heterocycles. The molecule has 25 heavy (non-hydrogen) atoms. The Labute approximate surface area is 146 Å². The molecule has 2 atom stereocenters. The molecule has 1 aliphatic rings. The van der Waals surface area contributed by atoms with Gasteiger partial charge in [0, 0.05) is 11.6 Å². The Morgan fingerprint density at radius 2 is 1.96 bits per heavy atom. The number of benzene rings is 2. The van der Waals surface area contributed by atoms with Crippen molar-refractivity contribution in [3.63, 3.8) is 0 Å². The number of imidazole rings is 1. The number of carbonyl (C=O) groups excluding carboxylic acids is 1. The third-order valence-corrected chi connectivity index (χ3v) is 4.75. The van der Waals surface area contributed by atoms with Crippen LogP contribution < -0.4 is 5.43 Å². The van der Waals surface area contributed by atoms with Crippen molar-refractivity contribution in [3.8, 4) is 0 Å². The van der Waals surface area contributed by atoms with E-state index in [1.54, 1.807) is 6.33 Å². The van der Waals surface area contributed by atoms with Gasteiger partial charge in [0.25, 0.3) is 5.91 Å². The first-order valence-electron chi connectivity index (χ1n) is 8.50. The average Bonchev–Trinajstić information content (AvgIpc) is 3.36. The van der Waals surface area contributed by atoms with Crippen LogP contribution in [0.5, 0.6) is 0 Å². The third-order valence-electron chi connectivity index (χ3n) is 4.75. The molecule has 2 unspecified atom stereocenters. The van der Waals surface area contributed by atoms with E-state index in [-0.39, 0.29) is 12.5 Å².